The fourth-order valence-electron chi connectivity index (χ4n) is 2.75. The van der Waals surface area contributed by atoms with Gasteiger partial charge < -0.3 is 14.8 Å². The number of aryl methyl sites for hydroxylation is 1. The second-order valence-electron chi connectivity index (χ2n) is 6.97. The van der Waals surface area contributed by atoms with Crippen molar-refractivity contribution in [1.82, 2.24) is 0 Å². The summed E-state index contributed by atoms with van der Waals surface area (Å²) in [7, 11) is -2.57. The molecule has 0 aliphatic heterocycles. The Morgan fingerprint density at radius 3 is 2.18 bits per heavy atom. The number of amides is 1. The zero-order valence-corrected chi connectivity index (χ0v) is 19.4. The van der Waals surface area contributed by atoms with Crippen LogP contribution < -0.4 is 14.8 Å². The van der Waals surface area contributed by atoms with Crippen LogP contribution in [-0.2, 0) is 19.6 Å². The number of hydrogen-bond donors (Lipinski definition) is 2. The number of hydrogen-bond acceptors (Lipinski definition) is 6. The van der Waals surface area contributed by atoms with Crippen LogP contribution in [0.25, 0.3) is 0 Å². The Morgan fingerprint density at radius 2 is 1.58 bits per heavy atom. The highest BCUT2D eigenvalue weighted by molar-refractivity contribution is 7.92. The largest absolute Gasteiger partial charge is 0.482 e. The highest BCUT2D eigenvalue weighted by Gasteiger charge is 2.17. The predicted molar refractivity (Wildman–Crippen MR) is 125 cm³/mol. The normalized spacial score (nSPS) is 10.9. The van der Waals surface area contributed by atoms with Crippen LogP contribution in [0.5, 0.6) is 5.75 Å². The molecule has 0 radical (unpaired) electrons. The lowest BCUT2D eigenvalue weighted by Crippen LogP contribution is -2.20. The molecule has 0 spiro atoms. The smallest absolute Gasteiger partial charge is 0.337 e. The van der Waals surface area contributed by atoms with Crippen molar-refractivity contribution in [3.8, 4) is 5.75 Å². The summed E-state index contributed by atoms with van der Waals surface area (Å²) >= 11 is 6.17. The number of anilines is 2. The molecule has 172 valence electrons. The van der Waals surface area contributed by atoms with Crippen LogP contribution in [0.2, 0.25) is 5.02 Å². The maximum absolute atomic E-state index is 12.6. The molecule has 0 aromatic heterocycles. The lowest BCUT2D eigenvalue weighted by atomic mass is 10.2. The molecule has 0 heterocycles. The van der Waals surface area contributed by atoms with Crippen molar-refractivity contribution >= 4 is 44.9 Å². The SMILES string of the molecule is COC(=O)c1ccc(NC(=O)COc2ccc(S(=O)(=O)Nc3ccc(C)cc3)cc2Cl)cc1. The Labute approximate surface area is 196 Å². The quantitative estimate of drug-likeness (QED) is 0.458. The van der Waals surface area contributed by atoms with Gasteiger partial charge in [0, 0.05) is 11.4 Å². The number of ether oxygens (including phenoxy) is 2. The third-order valence-corrected chi connectivity index (χ3v) is 6.14. The highest BCUT2D eigenvalue weighted by Crippen LogP contribution is 2.28. The van der Waals surface area contributed by atoms with E-state index >= 15 is 0 Å². The fraction of sp³-hybridized carbons (Fsp3) is 0.130. The maximum Gasteiger partial charge on any atom is 0.337 e. The van der Waals surface area contributed by atoms with Crippen LogP contribution in [0.1, 0.15) is 15.9 Å². The van der Waals surface area contributed by atoms with Crippen LogP contribution in [0, 0.1) is 6.92 Å². The average Bonchev–Trinajstić information content (AvgIpc) is 2.79. The number of carbonyl (C=O) groups is 2. The summed E-state index contributed by atoms with van der Waals surface area (Å²) in [5.41, 5.74) is 2.24. The summed E-state index contributed by atoms with van der Waals surface area (Å²) in [4.78, 5) is 23.5. The van der Waals surface area contributed by atoms with E-state index in [-0.39, 0.29) is 22.3 Å². The number of carbonyl (C=O) groups excluding carboxylic acids is 2. The number of rotatable bonds is 8. The van der Waals surface area contributed by atoms with Crippen molar-refractivity contribution in [2.24, 2.45) is 0 Å². The van der Waals surface area contributed by atoms with Gasteiger partial charge in [-0.15, -0.1) is 0 Å². The Balaban J connectivity index is 1.60. The molecule has 10 heteroatoms. The lowest BCUT2D eigenvalue weighted by Gasteiger charge is -2.12. The number of methoxy groups -OCH3 is 1. The minimum atomic E-state index is -3.85. The zero-order chi connectivity index (χ0) is 24.0. The van der Waals surface area contributed by atoms with Gasteiger partial charge in [0.15, 0.2) is 6.61 Å². The Hall–Kier alpha value is -3.56. The molecule has 0 aliphatic rings. The molecule has 0 fully saturated rings. The van der Waals surface area contributed by atoms with Gasteiger partial charge in [0.05, 0.1) is 22.6 Å². The van der Waals surface area contributed by atoms with E-state index in [4.69, 9.17) is 16.3 Å². The molecule has 33 heavy (non-hydrogen) atoms. The first-order valence-corrected chi connectivity index (χ1v) is 11.5. The summed E-state index contributed by atoms with van der Waals surface area (Å²) in [5.74, 6) is -0.790. The first-order valence-electron chi connectivity index (χ1n) is 9.68. The zero-order valence-electron chi connectivity index (χ0n) is 17.8. The molecule has 0 saturated heterocycles. The molecule has 2 N–H and O–H groups in total. The molecule has 0 aliphatic carbocycles. The Kier molecular flexibility index (Phi) is 7.57. The molecule has 1 amide bonds. The highest BCUT2D eigenvalue weighted by atomic mass is 35.5. The van der Waals surface area contributed by atoms with Gasteiger partial charge in [-0.25, -0.2) is 13.2 Å². The first-order chi connectivity index (χ1) is 15.7. The van der Waals surface area contributed by atoms with E-state index in [1.165, 1.54) is 37.4 Å². The first kappa shape index (κ1) is 24.1. The van der Waals surface area contributed by atoms with Crippen LogP contribution >= 0.6 is 11.6 Å². The number of halogens is 1. The predicted octanol–water partition coefficient (Wildman–Crippen LogP) is 4.25. The van der Waals surface area contributed by atoms with E-state index < -0.39 is 21.9 Å². The number of esters is 1. The van der Waals surface area contributed by atoms with E-state index in [0.29, 0.717) is 16.9 Å². The standard InChI is InChI=1S/C23H21ClN2O6S/c1-15-3-7-18(8-4-15)26-33(29,30)19-11-12-21(20(24)13-19)32-14-22(27)25-17-9-5-16(6-10-17)23(28)31-2/h3-13,26H,14H2,1-2H3,(H,25,27). The number of sulfonamides is 1. The molecule has 0 saturated carbocycles. The van der Waals surface area contributed by atoms with Gasteiger partial charge in [-0.3, -0.25) is 9.52 Å². The van der Waals surface area contributed by atoms with Crippen molar-refractivity contribution in [3.05, 3.63) is 82.9 Å². The van der Waals surface area contributed by atoms with Crippen LogP contribution in [0.4, 0.5) is 11.4 Å². The monoisotopic (exact) mass is 488 g/mol. The second kappa shape index (κ2) is 10.4. The van der Waals surface area contributed by atoms with E-state index in [9.17, 15) is 18.0 Å². The van der Waals surface area contributed by atoms with E-state index in [1.54, 1.807) is 36.4 Å². The van der Waals surface area contributed by atoms with Gasteiger partial charge in [-0.05, 0) is 61.5 Å². The fourth-order valence-corrected chi connectivity index (χ4v) is 4.13. The molecular formula is C23H21ClN2O6S. The number of nitrogens with one attached hydrogen (secondary N) is 2. The van der Waals surface area contributed by atoms with Crippen LogP contribution in [-0.4, -0.2) is 34.0 Å². The third kappa shape index (κ3) is 6.47. The Bertz CT molecular complexity index is 1260. The van der Waals surface area contributed by atoms with Crippen molar-refractivity contribution in [2.45, 2.75) is 11.8 Å². The maximum atomic E-state index is 12.6. The van der Waals surface area contributed by atoms with Gasteiger partial charge >= 0.3 is 5.97 Å². The molecule has 3 aromatic rings. The van der Waals surface area contributed by atoms with Gasteiger partial charge in [-0.2, -0.15) is 0 Å². The van der Waals surface area contributed by atoms with Crippen molar-refractivity contribution in [1.29, 1.82) is 0 Å². The van der Waals surface area contributed by atoms with E-state index in [1.807, 2.05) is 6.92 Å². The van der Waals surface area contributed by atoms with Gasteiger partial charge in [0.25, 0.3) is 15.9 Å². The molecule has 3 aromatic carbocycles. The summed E-state index contributed by atoms with van der Waals surface area (Å²) < 4.78 is 37.7. The van der Waals surface area contributed by atoms with Crippen molar-refractivity contribution < 1.29 is 27.5 Å². The molecule has 3 rings (SSSR count). The summed E-state index contributed by atoms with van der Waals surface area (Å²) in [6, 6.07) is 17.0. The second-order valence-corrected chi connectivity index (χ2v) is 9.06. The molecule has 0 atom stereocenters. The Morgan fingerprint density at radius 1 is 0.939 bits per heavy atom. The molecule has 0 bridgehead atoms. The molecular weight excluding hydrogens is 468 g/mol. The average molecular weight is 489 g/mol. The van der Waals surface area contributed by atoms with Crippen LogP contribution in [0.3, 0.4) is 0 Å². The topological polar surface area (TPSA) is 111 Å². The van der Waals surface area contributed by atoms with Gasteiger partial charge in [0.2, 0.25) is 0 Å². The minimum Gasteiger partial charge on any atom is -0.482 e. The molecule has 8 nitrogen and oxygen atoms in total. The minimum absolute atomic E-state index is 0.0389. The lowest BCUT2D eigenvalue weighted by molar-refractivity contribution is -0.118. The summed E-state index contributed by atoms with van der Waals surface area (Å²) in [6.45, 7) is 1.55. The van der Waals surface area contributed by atoms with Crippen LogP contribution in [0.15, 0.2) is 71.6 Å². The summed E-state index contributed by atoms with van der Waals surface area (Å²) in [6.07, 6.45) is 0. The number of benzene rings is 3. The van der Waals surface area contributed by atoms with E-state index in [2.05, 4.69) is 14.8 Å². The van der Waals surface area contributed by atoms with Crippen molar-refractivity contribution in [3.63, 3.8) is 0 Å². The van der Waals surface area contributed by atoms with Gasteiger partial charge in [-0.1, -0.05) is 29.3 Å². The summed E-state index contributed by atoms with van der Waals surface area (Å²) in [5, 5.41) is 2.66. The van der Waals surface area contributed by atoms with Crippen molar-refractivity contribution in [2.75, 3.05) is 23.8 Å². The third-order valence-electron chi connectivity index (χ3n) is 4.47. The van der Waals surface area contributed by atoms with Gasteiger partial charge in [0.1, 0.15) is 5.75 Å². The van der Waals surface area contributed by atoms with E-state index in [0.717, 1.165) is 5.56 Å². The molecule has 0 unspecified atom stereocenters.